The van der Waals surface area contributed by atoms with E-state index in [1.165, 1.54) is 0 Å². The van der Waals surface area contributed by atoms with E-state index >= 15 is 0 Å². The van der Waals surface area contributed by atoms with Gasteiger partial charge in [-0.05, 0) is 7.05 Å². The molecule has 1 amide bonds. The second kappa shape index (κ2) is 5.09. The Morgan fingerprint density at radius 2 is 1.91 bits per heavy atom. The molecular weight excluding hydrogens is 144 g/mol. The SMILES string of the molecule is CC.CN1CCN(O)C(=O)C1. The Morgan fingerprint density at radius 1 is 1.36 bits per heavy atom. The summed E-state index contributed by atoms with van der Waals surface area (Å²) < 4.78 is 0. The van der Waals surface area contributed by atoms with Crippen LogP contribution in [0.1, 0.15) is 13.8 Å². The fourth-order valence-corrected chi connectivity index (χ4v) is 0.782. The first-order chi connectivity index (χ1) is 5.20. The average Bonchev–Trinajstić information content (AvgIpc) is 2.02. The summed E-state index contributed by atoms with van der Waals surface area (Å²) in [4.78, 5) is 12.5. The molecule has 0 saturated carbocycles. The first kappa shape index (κ1) is 10.4. The maximum Gasteiger partial charge on any atom is 0.260 e. The van der Waals surface area contributed by atoms with Crippen molar-refractivity contribution in [1.82, 2.24) is 9.96 Å². The van der Waals surface area contributed by atoms with Gasteiger partial charge in [0.1, 0.15) is 0 Å². The van der Waals surface area contributed by atoms with Gasteiger partial charge in [0.2, 0.25) is 0 Å². The highest BCUT2D eigenvalue weighted by Gasteiger charge is 2.18. The number of likely N-dealkylation sites (N-methyl/N-ethyl adjacent to an activating group) is 1. The molecule has 4 nitrogen and oxygen atoms in total. The van der Waals surface area contributed by atoms with Crippen LogP contribution in [0, 0.1) is 0 Å². The predicted octanol–water partition coefficient (Wildman–Crippen LogP) is 0.176. The average molecular weight is 160 g/mol. The van der Waals surface area contributed by atoms with E-state index in [-0.39, 0.29) is 5.91 Å². The molecule has 1 aliphatic heterocycles. The van der Waals surface area contributed by atoms with Crippen LogP contribution in [0.25, 0.3) is 0 Å². The molecule has 0 unspecified atom stereocenters. The van der Waals surface area contributed by atoms with Gasteiger partial charge in [-0.1, -0.05) is 13.8 Å². The smallest absolute Gasteiger partial charge is 0.260 e. The zero-order valence-corrected chi connectivity index (χ0v) is 7.37. The van der Waals surface area contributed by atoms with Crippen LogP contribution in [0.4, 0.5) is 0 Å². The van der Waals surface area contributed by atoms with Gasteiger partial charge >= 0.3 is 0 Å². The van der Waals surface area contributed by atoms with E-state index in [9.17, 15) is 4.79 Å². The van der Waals surface area contributed by atoms with Crippen LogP contribution < -0.4 is 0 Å². The first-order valence-electron chi connectivity index (χ1n) is 3.88. The van der Waals surface area contributed by atoms with E-state index in [4.69, 9.17) is 5.21 Å². The number of carbonyl (C=O) groups is 1. The normalized spacial score (nSPS) is 19.3. The highest BCUT2D eigenvalue weighted by molar-refractivity contribution is 5.77. The molecule has 1 fully saturated rings. The van der Waals surface area contributed by atoms with Crippen molar-refractivity contribution in [1.29, 1.82) is 0 Å². The van der Waals surface area contributed by atoms with Crippen molar-refractivity contribution in [2.75, 3.05) is 26.7 Å². The minimum absolute atomic E-state index is 0.219. The Bertz CT molecular complexity index is 128. The van der Waals surface area contributed by atoms with E-state index in [2.05, 4.69) is 0 Å². The molecule has 0 radical (unpaired) electrons. The highest BCUT2D eigenvalue weighted by Crippen LogP contribution is 1.95. The summed E-state index contributed by atoms with van der Waals surface area (Å²) in [6, 6.07) is 0. The summed E-state index contributed by atoms with van der Waals surface area (Å²) >= 11 is 0. The van der Waals surface area contributed by atoms with Crippen LogP contribution in [0.3, 0.4) is 0 Å². The van der Waals surface area contributed by atoms with Crippen LogP contribution in [-0.2, 0) is 4.79 Å². The number of piperazine rings is 1. The molecule has 0 spiro atoms. The molecule has 1 N–H and O–H groups in total. The van der Waals surface area contributed by atoms with Crippen molar-refractivity contribution in [3.05, 3.63) is 0 Å². The Morgan fingerprint density at radius 3 is 2.27 bits per heavy atom. The summed E-state index contributed by atoms with van der Waals surface area (Å²) in [6.45, 7) is 5.51. The molecule has 4 heteroatoms. The Balaban J connectivity index is 0.000000461. The van der Waals surface area contributed by atoms with Gasteiger partial charge < -0.3 is 0 Å². The molecular formula is C7H16N2O2. The molecule has 1 heterocycles. The zero-order valence-electron chi connectivity index (χ0n) is 7.37. The Kier molecular flexibility index (Phi) is 4.81. The molecule has 1 saturated heterocycles. The van der Waals surface area contributed by atoms with Crippen molar-refractivity contribution in [2.24, 2.45) is 0 Å². The number of rotatable bonds is 0. The number of carbonyl (C=O) groups excluding carboxylic acids is 1. The van der Waals surface area contributed by atoms with Gasteiger partial charge in [-0.2, -0.15) is 0 Å². The molecule has 1 aliphatic rings. The van der Waals surface area contributed by atoms with Gasteiger partial charge in [0.25, 0.3) is 5.91 Å². The number of hydrogen-bond donors (Lipinski definition) is 1. The van der Waals surface area contributed by atoms with E-state index in [0.29, 0.717) is 13.1 Å². The van der Waals surface area contributed by atoms with Gasteiger partial charge in [0, 0.05) is 6.54 Å². The van der Waals surface area contributed by atoms with Gasteiger partial charge in [0.15, 0.2) is 0 Å². The van der Waals surface area contributed by atoms with Crippen LogP contribution in [0.2, 0.25) is 0 Å². The standard InChI is InChI=1S/C5H10N2O2.C2H6/c1-6-2-3-7(9)5(8)4-6;1-2/h9H,2-4H2,1H3;1-2H3. The first-order valence-corrected chi connectivity index (χ1v) is 3.88. The second-order valence-corrected chi connectivity index (χ2v) is 2.25. The number of hydroxylamine groups is 2. The largest absolute Gasteiger partial charge is 0.296 e. The van der Waals surface area contributed by atoms with Crippen molar-refractivity contribution >= 4 is 5.91 Å². The molecule has 0 aromatic rings. The van der Waals surface area contributed by atoms with Gasteiger partial charge in [-0.25, -0.2) is 5.06 Å². The lowest BCUT2D eigenvalue weighted by atomic mass is 10.4. The predicted molar refractivity (Wildman–Crippen MR) is 42.3 cm³/mol. The molecule has 0 aromatic heterocycles. The van der Waals surface area contributed by atoms with Crippen LogP contribution in [0.15, 0.2) is 0 Å². The lowest BCUT2D eigenvalue weighted by Gasteiger charge is -2.26. The third-order valence-electron chi connectivity index (χ3n) is 1.39. The number of hydrogen-bond acceptors (Lipinski definition) is 3. The Labute approximate surface area is 67.4 Å². The van der Waals surface area contributed by atoms with Gasteiger partial charge in [0.05, 0.1) is 13.1 Å². The van der Waals surface area contributed by atoms with Crippen LogP contribution in [-0.4, -0.2) is 47.8 Å². The maximum absolute atomic E-state index is 10.6. The van der Waals surface area contributed by atoms with Crippen LogP contribution in [0.5, 0.6) is 0 Å². The van der Waals surface area contributed by atoms with Crippen LogP contribution >= 0.6 is 0 Å². The summed E-state index contributed by atoms with van der Waals surface area (Å²) in [7, 11) is 1.85. The van der Waals surface area contributed by atoms with Crippen molar-refractivity contribution in [3.8, 4) is 0 Å². The molecule has 0 aliphatic carbocycles. The number of nitrogens with zero attached hydrogens (tertiary/aromatic N) is 2. The summed E-state index contributed by atoms with van der Waals surface area (Å²) in [6.07, 6.45) is 0. The second-order valence-electron chi connectivity index (χ2n) is 2.25. The highest BCUT2D eigenvalue weighted by atomic mass is 16.5. The Hall–Kier alpha value is -0.610. The van der Waals surface area contributed by atoms with E-state index in [1.54, 1.807) is 0 Å². The molecule has 0 bridgehead atoms. The number of amides is 1. The van der Waals surface area contributed by atoms with E-state index in [1.807, 2.05) is 25.8 Å². The molecule has 0 atom stereocenters. The minimum Gasteiger partial charge on any atom is -0.296 e. The minimum atomic E-state index is -0.219. The van der Waals surface area contributed by atoms with Crippen molar-refractivity contribution < 1.29 is 10.0 Å². The summed E-state index contributed by atoms with van der Waals surface area (Å²) in [5, 5.41) is 9.52. The lowest BCUT2D eigenvalue weighted by molar-refractivity contribution is -0.173. The summed E-state index contributed by atoms with van der Waals surface area (Å²) in [5.74, 6) is -0.219. The molecule has 66 valence electrons. The van der Waals surface area contributed by atoms with E-state index in [0.717, 1.165) is 11.6 Å². The maximum atomic E-state index is 10.6. The molecule has 11 heavy (non-hydrogen) atoms. The van der Waals surface area contributed by atoms with Crippen molar-refractivity contribution in [3.63, 3.8) is 0 Å². The molecule has 0 aromatic carbocycles. The third-order valence-corrected chi connectivity index (χ3v) is 1.39. The van der Waals surface area contributed by atoms with Crippen molar-refractivity contribution in [2.45, 2.75) is 13.8 Å². The van der Waals surface area contributed by atoms with E-state index < -0.39 is 0 Å². The fourth-order valence-electron chi connectivity index (χ4n) is 0.782. The zero-order chi connectivity index (χ0) is 8.85. The molecule has 1 rings (SSSR count). The monoisotopic (exact) mass is 160 g/mol. The summed E-state index contributed by atoms with van der Waals surface area (Å²) in [5.41, 5.74) is 0. The fraction of sp³-hybridized carbons (Fsp3) is 0.857. The van der Waals surface area contributed by atoms with Gasteiger partial charge in [-0.3, -0.25) is 14.9 Å². The third kappa shape index (κ3) is 3.34. The quantitative estimate of drug-likeness (QED) is 0.514. The lowest BCUT2D eigenvalue weighted by Crippen LogP contribution is -2.46. The van der Waals surface area contributed by atoms with Gasteiger partial charge in [-0.15, -0.1) is 0 Å². The topological polar surface area (TPSA) is 43.8 Å².